The minimum Gasteiger partial charge on any atom is -0.492 e. The molecule has 2 rings (SSSR count). The summed E-state index contributed by atoms with van der Waals surface area (Å²) in [4.78, 5) is 4.29. The van der Waals surface area contributed by atoms with E-state index in [1.807, 2.05) is 13.0 Å². The van der Waals surface area contributed by atoms with Gasteiger partial charge >= 0.3 is 0 Å². The van der Waals surface area contributed by atoms with Gasteiger partial charge in [0.05, 0.1) is 33.8 Å². The Hall–Kier alpha value is -1.88. The maximum atomic E-state index is 5.47. The average Bonchev–Trinajstić information content (AvgIpc) is 2.44. The zero-order valence-corrected chi connectivity index (χ0v) is 13.0. The fourth-order valence-electron chi connectivity index (χ4n) is 2.25. The number of methoxy groups -OCH3 is 4. The Morgan fingerprint density at radius 1 is 0.800 bits per heavy atom. The number of fused-ring (bicyclic) bond motifs is 1. The van der Waals surface area contributed by atoms with E-state index in [1.165, 1.54) is 0 Å². The highest BCUT2D eigenvalue weighted by Crippen LogP contribution is 2.51. The molecule has 0 amide bonds. The topological polar surface area (TPSA) is 49.8 Å². The van der Waals surface area contributed by atoms with Crippen LogP contribution in [0.4, 0.5) is 0 Å². The third-order valence-corrected chi connectivity index (χ3v) is 3.05. The van der Waals surface area contributed by atoms with Crippen molar-refractivity contribution in [3.05, 3.63) is 18.0 Å². The van der Waals surface area contributed by atoms with Crippen LogP contribution in [0.5, 0.6) is 23.0 Å². The predicted molar refractivity (Wildman–Crippen MR) is 79.9 cm³/mol. The number of hydrogen-bond acceptors (Lipinski definition) is 5. The summed E-state index contributed by atoms with van der Waals surface area (Å²) in [5.74, 6) is 2.23. The number of aryl methyl sites for hydroxylation is 1. The van der Waals surface area contributed by atoms with E-state index in [9.17, 15) is 0 Å². The SMILES string of the molecule is COc1c(OC)c(OC)c2c(C)nccc2c1OC.Cl. The second-order valence-corrected chi connectivity index (χ2v) is 3.95. The van der Waals surface area contributed by atoms with Crippen LogP contribution in [0.3, 0.4) is 0 Å². The van der Waals surface area contributed by atoms with Gasteiger partial charge in [-0.05, 0) is 13.0 Å². The molecule has 2 aromatic rings. The minimum atomic E-state index is 0. The number of aromatic nitrogens is 1. The van der Waals surface area contributed by atoms with Crippen molar-refractivity contribution in [3.63, 3.8) is 0 Å². The van der Waals surface area contributed by atoms with Gasteiger partial charge < -0.3 is 18.9 Å². The lowest BCUT2D eigenvalue weighted by atomic mass is 10.1. The summed E-state index contributed by atoms with van der Waals surface area (Å²) in [6, 6.07) is 1.87. The molecule has 20 heavy (non-hydrogen) atoms. The van der Waals surface area contributed by atoms with Crippen molar-refractivity contribution in [2.75, 3.05) is 28.4 Å². The number of benzene rings is 1. The molecular weight excluding hydrogens is 282 g/mol. The molecule has 0 aliphatic rings. The van der Waals surface area contributed by atoms with Crippen molar-refractivity contribution >= 4 is 23.2 Å². The molecule has 0 saturated carbocycles. The van der Waals surface area contributed by atoms with Crippen molar-refractivity contribution < 1.29 is 18.9 Å². The second kappa shape index (κ2) is 6.52. The highest BCUT2D eigenvalue weighted by atomic mass is 35.5. The fourth-order valence-corrected chi connectivity index (χ4v) is 2.25. The smallest absolute Gasteiger partial charge is 0.207 e. The predicted octanol–water partition coefficient (Wildman–Crippen LogP) is 3.00. The average molecular weight is 300 g/mol. The molecule has 0 aliphatic heterocycles. The molecule has 0 spiro atoms. The van der Waals surface area contributed by atoms with Crippen molar-refractivity contribution in [1.29, 1.82) is 0 Å². The highest BCUT2D eigenvalue weighted by molar-refractivity contribution is 6.00. The Labute approximate surface area is 124 Å². The molecule has 1 aromatic heterocycles. The van der Waals surface area contributed by atoms with Crippen LogP contribution >= 0.6 is 12.4 Å². The molecule has 5 nitrogen and oxygen atoms in total. The Morgan fingerprint density at radius 2 is 1.30 bits per heavy atom. The molecule has 110 valence electrons. The second-order valence-electron chi connectivity index (χ2n) is 3.95. The molecule has 0 bridgehead atoms. The summed E-state index contributed by atoms with van der Waals surface area (Å²) >= 11 is 0. The number of rotatable bonds is 4. The first-order chi connectivity index (χ1) is 9.19. The fraction of sp³-hybridized carbons (Fsp3) is 0.357. The standard InChI is InChI=1S/C14H17NO4.ClH/c1-8-10-9(6-7-15-8)11(16-2)13(18-4)14(19-5)12(10)17-3;/h6-7H,1-5H3;1H. The molecule has 0 atom stereocenters. The van der Waals surface area contributed by atoms with Gasteiger partial charge in [0.25, 0.3) is 0 Å². The van der Waals surface area contributed by atoms with Crippen LogP contribution in [0, 0.1) is 6.92 Å². The highest BCUT2D eigenvalue weighted by Gasteiger charge is 2.23. The molecule has 0 fully saturated rings. The third-order valence-electron chi connectivity index (χ3n) is 3.05. The van der Waals surface area contributed by atoms with E-state index in [2.05, 4.69) is 4.98 Å². The van der Waals surface area contributed by atoms with E-state index >= 15 is 0 Å². The van der Waals surface area contributed by atoms with Crippen molar-refractivity contribution in [2.45, 2.75) is 6.92 Å². The van der Waals surface area contributed by atoms with Crippen LogP contribution in [0.1, 0.15) is 5.69 Å². The van der Waals surface area contributed by atoms with E-state index < -0.39 is 0 Å². The Kier molecular flexibility index (Phi) is 5.27. The quantitative estimate of drug-likeness (QED) is 0.868. The number of nitrogens with zero attached hydrogens (tertiary/aromatic N) is 1. The maximum Gasteiger partial charge on any atom is 0.207 e. The first-order valence-electron chi connectivity index (χ1n) is 5.80. The summed E-state index contributed by atoms with van der Waals surface area (Å²) in [5.41, 5.74) is 0.841. The largest absolute Gasteiger partial charge is 0.492 e. The Balaban J connectivity index is 0.00000200. The molecule has 0 aliphatic carbocycles. The molecule has 1 heterocycles. The lowest BCUT2D eigenvalue weighted by molar-refractivity contribution is 0.309. The van der Waals surface area contributed by atoms with Crippen LogP contribution in [0.25, 0.3) is 10.8 Å². The van der Waals surface area contributed by atoms with Crippen LogP contribution in [0.2, 0.25) is 0 Å². The van der Waals surface area contributed by atoms with Gasteiger partial charge in [0.15, 0.2) is 11.5 Å². The molecule has 0 unspecified atom stereocenters. The molecule has 0 saturated heterocycles. The summed E-state index contributed by atoms with van der Waals surface area (Å²) in [6.45, 7) is 1.91. The van der Waals surface area contributed by atoms with E-state index in [0.717, 1.165) is 16.5 Å². The lowest BCUT2D eigenvalue weighted by Gasteiger charge is -2.19. The van der Waals surface area contributed by atoms with Crippen molar-refractivity contribution in [3.8, 4) is 23.0 Å². The number of pyridine rings is 1. The van der Waals surface area contributed by atoms with E-state index in [0.29, 0.717) is 23.0 Å². The molecule has 0 radical (unpaired) electrons. The summed E-state index contributed by atoms with van der Waals surface area (Å²) < 4.78 is 21.7. The molecular formula is C14H18ClNO4. The zero-order chi connectivity index (χ0) is 14.0. The third kappa shape index (κ3) is 2.29. The number of halogens is 1. The van der Waals surface area contributed by atoms with E-state index in [-0.39, 0.29) is 12.4 Å². The summed E-state index contributed by atoms with van der Waals surface area (Å²) in [5, 5.41) is 1.74. The molecule has 6 heteroatoms. The lowest BCUT2D eigenvalue weighted by Crippen LogP contribution is -2.00. The maximum absolute atomic E-state index is 5.47. The van der Waals surface area contributed by atoms with Gasteiger partial charge in [0.2, 0.25) is 11.5 Å². The van der Waals surface area contributed by atoms with Gasteiger partial charge in [0.1, 0.15) is 0 Å². The van der Waals surface area contributed by atoms with Gasteiger partial charge in [-0.25, -0.2) is 0 Å². The van der Waals surface area contributed by atoms with Crippen LogP contribution in [-0.4, -0.2) is 33.4 Å². The van der Waals surface area contributed by atoms with Crippen molar-refractivity contribution in [1.82, 2.24) is 4.98 Å². The van der Waals surface area contributed by atoms with E-state index in [1.54, 1.807) is 34.6 Å². The van der Waals surface area contributed by atoms with Gasteiger partial charge in [0, 0.05) is 17.3 Å². The monoisotopic (exact) mass is 299 g/mol. The van der Waals surface area contributed by atoms with Crippen LogP contribution in [-0.2, 0) is 0 Å². The van der Waals surface area contributed by atoms with Gasteiger partial charge in [-0.15, -0.1) is 12.4 Å². The zero-order valence-electron chi connectivity index (χ0n) is 12.1. The Bertz CT molecular complexity index is 616. The van der Waals surface area contributed by atoms with Crippen LogP contribution < -0.4 is 18.9 Å². The normalized spacial score (nSPS) is 9.85. The first kappa shape index (κ1) is 16.2. The van der Waals surface area contributed by atoms with Gasteiger partial charge in [-0.2, -0.15) is 0 Å². The summed E-state index contributed by atoms with van der Waals surface area (Å²) in [7, 11) is 6.33. The molecule has 0 N–H and O–H groups in total. The minimum absolute atomic E-state index is 0. The number of ether oxygens (including phenoxy) is 4. The Morgan fingerprint density at radius 3 is 1.80 bits per heavy atom. The number of hydrogen-bond donors (Lipinski definition) is 0. The first-order valence-corrected chi connectivity index (χ1v) is 5.80. The van der Waals surface area contributed by atoms with Crippen LogP contribution in [0.15, 0.2) is 12.3 Å². The van der Waals surface area contributed by atoms with Gasteiger partial charge in [-0.3, -0.25) is 4.98 Å². The van der Waals surface area contributed by atoms with Crippen molar-refractivity contribution in [2.24, 2.45) is 0 Å². The van der Waals surface area contributed by atoms with Gasteiger partial charge in [-0.1, -0.05) is 0 Å². The summed E-state index contributed by atoms with van der Waals surface area (Å²) in [6.07, 6.45) is 1.73. The molecule has 1 aromatic carbocycles. The van der Waals surface area contributed by atoms with E-state index in [4.69, 9.17) is 18.9 Å².